The van der Waals surface area contributed by atoms with Crippen LogP contribution < -0.4 is 14.9 Å². The number of aryl methyl sites for hydroxylation is 1. The number of hydrogen-bond acceptors (Lipinski definition) is 6. The number of carbonyl (C=O) groups is 1. The van der Waals surface area contributed by atoms with E-state index < -0.39 is 27.9 Å². The second-order valence-corrected chi connectivity index (χ2v) is 9.84. The van der Waals surface area contributed by atoms with Crippen molar-refractivity contribution >= 4 is 27.0 Å². The van der Waals surface area contributed by atoms with E-state index >= 15 is 0 Å². The van der Waals surface area contributed by atoms with Gasteiger partial charge in [-0.1, -0.05) is 17.7 Å². The lowest BCUT2D eigenvalue weighted by atomic mass is 10.1. The molecule has 4 aromatic rings. The van der Waals surface area contributed by atoms with Crippen LogP contribution in [0.4, 0.5) is 4.39 Å². The third-order valence-corrected chi connectivity index (χ3v) is 6.99. The smallest absolute Gasteiger partial charge is 0.329 e. The molecule has 0 saturated carbocycles. The predicted octanol–water partition coefficient (Wildman–Crippen LogP) is 4.49. The molecule has 35 heavy (non-hydrogen) atoms. The van der Waals surface area contributed by atoms with E-state index in [9.17, 15) is 22.4 Å². The molecule has 0 fully saturated rings. The predicted molar refractivity (Wildman–Crippen MR) is 129 cm³/mol. The average Bonchev–Trinajstić information content (AvgIpc) is 2.82. The van der Waals surface area contributed by atoms with Gasteiger partial charge in [-0.05, 0) is 69.3 Å². The maximum atomic E-state index is 13.3. The zero-order valence-corrected chi connectivity index (χ0v) is 20.0. The van der Waals surface area contributed by atoms with Crippen molar-refractivity contribution < 1.29 is 26.8 Å². The minimum Gasteiger partial charge on any atom is -0.455 e. The summed E-state index contributed by atoms with van der Waals surface area (Å²) in [5.74, 6) is -0.921. The van der Waals surface area contributed by atoms with Crippen LogP contribution in [-0.4, -0.2) is 20.4 Å². The van der Waals surface area contributed by atoms with Crippen molar-refractivity contribution in [3.63, 3.8) is 0 Å². The van der Waals surface area contributed by atoms with E-state index in [1.807, 2.05) is 6.92 Å². The van der Waals surface area contributed by atoms with Gasteiger partial charge in [0.15, 0.2) is 5.43 Å². The van der Waals surface area contributed by atoms with Gasteiger partial charge in [0.05, 0.1) is 10.3 Å². The Morgan fingerprint density at radius 3 is 2.31 bits per heavy atom. The Morgan fingerprint density at radius 2 is 1.66 bits per heavy atom. The molecular weight excluding hydrogens is 473 g/mol. The van der Waals surface area contributed by atoms with Gasteiger partial charge in [0, 0.05) is 17.2 Å². The molecule has 4 rings (SSSR count). The summed E-state index contributed by atoms with van der Waals surface area (Å²) in [5, 5.41) is 0.279. The van der Waals surface area contributed by atoms with Crippen molar-refractivity contribution in [2.75, 3.05) is 0 Å². The molecule has 0 amide bonds. The minimum absolute atomic E-state index is 0.0268. The van der Waals surface area contributed by atoms with Gasteiger partial charge in [-0.2, -0.15) is 4.72 Å². The summed E-state index contributed by atoms with van der Waals surface area (Å²) in [6, 6.07) is 14.8. The first-order valence-corrected chi connectivity index (χ1v) is 12.2. The van der Waals surface area contributed by atoms with Crippen molar-refractivity contribution in [2.45, 2.75) is 31.7 Å². The van der Waals surface area contributed by atoms with Gasteiger partial charge < -0.3 is 9.15 Å². The van der Waals surface area contributed by atoms with Crippen LogP contribution in [0.3, 0.4) is 0 Å². The Bertz CT molecular complexity index is 1580. The Morgan fingerprint density at radius 1 is 1.00 bits per heavy atom. The van der Waals surface area contributed by atoms with Crippen molar-refractivity contribution in [3.8, 4) is 17.1 Å². The highest BCUT2D eigenvalue weighted by atomic mass is 32.2. The third-order valence-electron chi connectivity index (χ3n) is 5.43. The molecule has 0 aliphatic heterocycles. The maximum absolute atomic E-state index is 13.3. The van der Waals surface area contributed by atoms with Crippen LogP contribution in [0.2, 0.25) is 0 Å². The second kappa shape index (κ2) is 9.44. The van der Waals surface area contributed by atoms with Gasteiger partial charge in [-0.15, -0.1) is 0 Å². The van der Waals surface area contributed by atoms with Crippen LogP contribution in [0.15, 0.2) is 80.8 Å². The van der Waals surface area contributed by atoms with Gasteiger partial charge in [0.2, 0.25) is 10.0 Å². The standard InChI is InChI=1S/C26H22FNO6S/c1-15-4-11-21(12-5-15)35(31,32)28-17(3)26(30)33-20-10-13-22-23(14-20)34-25(16(2)24(22)29)18-6-8-19(27)9-7-18/h4-14,17,28H,1-3H3. The fourth-order valence-corrected chi connectivity index (χ4v) is 4.67. The number of hydrogen-bond donors (Lipinski definition) is 1. The zero-order chi connectivity index (χ0) is 25.3. The normalized spacial score (nSPS) is 12.5. The number of nitrogens with one attached hydrogen (secondary N) is 1. The van der Waals surface area contributed by atoms with Crippen LogP contribution in [0.5, 0.6) is 5.75 Å². The molecule has 0 spiro atoms. The molecule has 0 aliphatic rings. The molecule has 1 atom stereocenters. The molecule has 1 N–H and O–H groups in total. The summed E-state index contributed by atoms with van der Waals surface area (Å²) in [4.78, 5) is 25.4. The van der Waals surface area contributed by atoms with Gasteiger partial charge in [-0.25, -0.2) is 17.6 Å². The number of esters is 1. The summed E-state index contributed by atoms with van der Waals surface area (Å²) in [6.45, 7) is 4.81. The summed E-state index contributed by atoms with van der Waals surface area (Å²) in [5.41, 5.74) is 1.66. The number of ether oxygens (including phenoxy) is 1. The largest absolute Gasteiger partial charge is 0.455 e. The molecule has 1 unspecified atom stereocenters. The van der Waals surface area contributed by atoms with Crippen molar-refractivity contribution in [2.24, 2.45) is 0 Å². The molecule has 0 aliphatic carbocycles. The highest BCUT2D eigenvalue weighted by Gasteiger charge is 2.24. The van der Waals surface area contributed by atoms with E-state index in [4.69, 9.17) is 9.15 Å². The Kier molecular flexibility index (Phi) is 6.56. The third kappa shape index (κ3) is 5.16. The van der Waals surface area contributed by atoms with E-state index in [1.54, 1.807) is 19.1 Å². The SMILES string of the molecule is Cc1ccc(S(=O)(=O)NC(C)C(=O)Oc2ccc3c(=O)c(C)c(-c4ccc(F)cc4)oc3c2)cc1. The van der Waals surface area contributed by atoms with Gasteiger partial charge in [-0.3, -0.25) is 4.79 Å². The van der Waals surface area contributed by atoms with Crippen LogP contribution in [0.25, 0.3) is 22.3 Å². The molecule has 0 bridgehead atoms. The van der Waals surface area contributed by atoms with E-state index in [0.717, 1.165) is 5.56 Å². The van der Waals surface area contributed by atoms with E-state index in [1.165, 1.54) is 61.5 Å². The summed E-state index contributed by atoms with van der Waals surface area (Å²) < 4.78 is 52.0. The fourth-order valence-electron chi connectivity index (χ4n) is 3.48. The Hall–Kier alpha value is -3.82. The summed E-state index contributed by atoms with van der Waals surface area (Å²) >= 11 is 0. The molecule has 7 nitrogen and oxygen atoms in total. The number of fused-ring (bicyclic) bond motifs is 1. The fraction of sp³-hybridized carbons (Fsp3) is 0.154. The summed E-state index contributed by atoms with van der Waals surface area (Å²) in [6.07, 6.45) is 0. The number of benzene rings is 3. The lowest BCUT2D eigenvalue weighted by Crippen LogP contribution is -2.40. The quantitative estimate of drug-likeness (QED) is 0.312. The summed E-state index contributed by atoms with van der Waals surface area (Å²) in [7, 11) is -3.94. The molecule has 180 valence electrons. The van der Waals surface area contributed by atoms with Crippen LogP contribution in [0.1, 0.15) is 18.1 Å². The number of sulfonamides is 1. The van der Waals surface area contributed by atoms with E-state index in [-0.39, 0.29) is 32.8 Å². The van der Waals surface area contributed by atoms with Crippen molar-refractivity contribution in [1.82, 2.24) is 4.72 Å². The topological polar surface area (TPSA) is 103 Å². The Balaban J connectivity index is 1.58. The number of carbonyl (C=O) groups excluding carboxylic acids is 1. The van der Waals surface area contributed by atoms with Crippen LogP contribution in [-0.2, 0) is 14.8 Å². The number of rotatable bonds is 6. The first kappa shape index (κ1) is 24.3. The first-order valence-electron chi connectivity index (χ1n) is 10.7. The molecule has 0 radical (unpaired) electrons. The van der Waals surface area contributed by atoms with E-state index in [0.29, 0.717) is 11.1 Å². The van der Waals surface area contributed by atoms with Crippen LogP contribution in [0, 0.1) is 19.7 Å². The monoisotopic (exact) mass is 495 g/mol. The maximum Gasteiger partial charge on any atom is 0.329 e. The van der Waals surface area contributed by atoms with Crippen molar-refractivity contribution in [1.29, 1.82) is 0 Å². The minimum atomic E-state index is -3.94. The number of halogens is 1. The van der Waals surface area contributed by atoms with Crippen LogP contribution >= 0.6 is 0 Å². The molecular formula is C26H22FNO6S. The second-order valence-electron chi connectivity index (χ2n) is 8.13. The van der Waals surface area contributed by atoms with Gasteiger partial charge in [0.25, 0.3) is 0 Å². The first-order chi connectivity index (χ1) is 16.5. The highest BCUT2D eigenvalue weighted by Crippen LogP contribution is 2.28. The van der Waals surface area contributed by atoms with Gasteiger partial charge in [0.1, 0.15) is 29.0 Å². The van der Waals surface area contributed by atoms with E-state index in [2.05, 4.69) is 4.72 Å². The molecule has 3 aromatic carbocycles. The molecule has 0 saturated heterocycles. The molecule has 9 heteroatoms. The Labute approximate surface area is 201 Å². The van der Waals surface area contributed by atoms with Crippen molar-refractivity contribution in [3.05, 3.63) is 93.9 Å². The zero-order valence-electron chi connectivity index (χ0n) is 19.2. The lowest BCUT2D eigenvalue weighted by Gasteiger charge is -2.14. The highest BCUT2D eigenvalue weighted by molar-refractivity contribution is 7.89. The molecule has 1 aromatic heterocycles. The molecule has 1 heterocycles. The lowest BCUT2D eigenvalue weighted by molar-refractivity contribution is -0.135. The van der Waals surface area contributed by atoms with Gasteiger partial charge >= 0.3 is 5.97 Å². The average molecular weight is 496 g/mol.